The Labute approximate surface area is 153 Å². The number of fused-ring (bicyclic) bond motifs is 1. The average molecular weight is 401 g/mol. The Morgan fingerprint density at radius 2 is 1.88 bits per heavy atom. The number of nitrogens with one attached hydrogen (secondary N) is 1. The molecule has 1 aromatic heterocycles. The van der Waals surface area contributed by atoms with E-state index in [1.165, 1.54) is 10.6 Å². The van der Waals surface area contributed by atoms with Crippen LogP contribution in [0.3, 0.4) is 0 Å². The van der Waals surface area contributed by atoms with Gasteiger partial charge in [0, 0.05) is 23.3 Å². The first kappa shape index (κ1) is 17.2. The van der Waals surface area contributed by atoms with E-state index in [1.807, 2.05) is 36.4 Å². The number of halogens is 1. The molecular formula is C19H17BrN2O3. The van der Waals surface area contributed by atoms with Crippen LogP contribution in [0, 0.1) is 0 Å². The third-order valence-electron chi connectivity index (χ3n) is 3.86. The van der Waals surface area contributed by atoms with E-state index in [-0.39, 0.29) is 18.0 Å². The van der Waals surface area contributed by atoms with Crippen molar-refractivity contribution in [1.29, 1.82) is 0 Å². The lowest BCUT2D eigenvalue weighted by molar-refractivity contribution is -0.121. The lowest BCUT2D eigenvalue weighted by Crippen LogP contribution is -2.31. The van der Waals surface area contributed by atoms with Crippen molar-refractivity contribution in [2.75, 3.05) is 7.11 Å². The minimum atomic E-state index is -0.213. The van der Waals surface area contributed by atoms with Crippen LogP contribution in [0.5, 0.6) is 5.75 Å². The van der Waals surface area contributed by atoms with Crippen molar-refractivity contribution in [2.45, 2.75) is 13.1 Å². The lowest BCUT2D eigenvalue weighted by atomic mass is 10.1. The molecule has 0 unspecified atom stereocenters. The summed E-state index contributed by atoms with van der Waals surface area (Å²) in [5.74, 6) is 0.600. The highest BCUT2D eigenvalue weighted by Crippen LogP contribution is 2.21. The number of methoxy groups -OCH3 is 1. The smallest absolute Gasteiger partial charge is 0.251 e. The van der Waals surface area contributed by atoms with Gasteiger partial charge in [0.15, 0.2) is 0 Å². The van der Waals surface area contributed by atoms with Gasteiger partial charge in [0.2, 0.25) is 5.91 Å². The van der Waals surface area contributed by atoms with Gasteiger partial charge >= 0.3 is 0 Å². The van der Waals surface area contributed by atoms with Gasteiger partial charge in [-0.3, -0.25) is 9.59 Å². The number of hydrogen-bond acceptors (Lipinski definition) is 3. The molecule has 25 heavy (non-hydrogen) atoms. The number of pyridine rings is 1. The van der Waals surface area contributed by atoms with Gasteiger partial charge in [-0.1, -0.05) is 18.2 Å². The molecule has 0 saturated carbocycles. The third kappa shape index (κ3) is 4.28. The molecule has 6 heteroatoms. The molecule has 0 fully saturated rings. The van der Waals surface area contributed by atoms with E-state index >= 15 is 0 Å². The Hall–Kier alpha value is -2.60. The summed E-state index contributed by atoms with van der Waals surface area (Å²) in [5.41, 5.74) is 0.783. The summed E-state index contributed by atoms with van der Waals surface area (Å²) in [4.78, 5) is 23.8. The summed E-state index contributed by atoms with van der Waals surface area (Å²) < 4.78 is 7.34. The van der Waals surface area contributed by atoms with Crippen LogP contribution in [0.1, 0.15) is 5.56 Å². The van der Waals surface area contributed by atoms with Crippen molar-refractivity contribution >= 4 is 32.6 Å². The molecule has 1 amide bonds. The number of amides is 1. The minimum absolute atomic E-state index is 0.0109. The van der Waals surface area contributed by atoms with Crippen molar-refractivity contribution < 1.29 is 9.53 Å². The molecular weight excluding hydrogens is 384 g/mol. The van der Waals surface area contributed by atoms with Crippen LogP contribution < -0.4 is 15.6 Å². The van der Waals surface area contributed by atoms with E-state index in [9.17, 15) is 9.59 Å². The maximum Gasteiger partial charge on any atom is 0.251 e. The zero-order valence-electron chi connectivity index (χ0n) is 13.7. The van der Waals surface area contributed by atoms with Crippen LogP contribution in [0.15, 0.2) is 64.0 Å². The molecule has 0 saturated heterocycles. The Morgan fingerprint density at radius 1 is 1.12 bits per heavy atom. The summed E-state index contributed by atoms with van der Waals surface area (Å²) >= 11 is 3.29. The molecule has 1 N–H and O–H groups in total. The molecule has 3 rings (SSSR count). The molecule has 1 heterocycles. The molecule has 128 valence electrons. The van der Waals surface area contributed by atoms with Crippen LogP contribution in [0.2, 0.25) is 0 Å². The van der Waals surface area contributed by atoms with Gasteiger partial charge in [-0.05, 0) is 56.5 Å². The van der Waals surface area contributed by atoms with E-state index in [4.69, 9.17) is 4.74 Å². The maximum atomic E-state index is 12.1. The monoisotopic (exact) mass is 400 g/mol. The largest absolute Gasteiger partial charge is 0.497 e. The van der Waals surface area contributed by atoms with E-state index < -0.39 is 0 Å². The molecule has 3 aromatic rings. The topological polar surface area (TPSA) is 60.3 Å². The number of carbonyl (C=O) groups is 1. The van der Waals surface area contributed by atoms with Crippen LogP contribution in [-0.4, -0.2) is 17.6 Å². The number of aromatic nitrogens is 1. The Morgan fingerprint density at radius 3 is 2.68 bits per heavy atom. The maximum absolute atomic E-state index is 12.1. The van der Waals surface area contributed by atoms with Crippen molar-refractivity contribution in [3.8, 4) is 5.75 Å². The standard InChI is InChI=1S/C19H17BrN2O3/c1-25-17-6-4-14-8-13(2-3-15(14)9-17)10-21-18(23)12-22-11-16(20)5-7-19(22)24/h2-9,11H,10,12H2,1H3,(H,21,23). The summed E-state index contributed by atoms with van der Waals surface area (Å²) in [7, 11) is 1.64. The first-order valence-electron chi connectivity index (χ1n) is 7.74. The summed E-state index contributed by atoms with van der Waals surface area (Å²) in [6, 6.07) is 14.9. The van der Waals surface area contributed by atoms with Gasteiger partial charge in [-0.2, -0.15) is 0 Å². The van der Waals surface area contributed by atoms with Gasteiger partial charge in [-0.25, -0.2) is 0 Å². The summed E-state index contributed by atoms with van der Waals surface area (Å²) in [6.45, 7) is 0.395. The number of rotatable bonds is 5. The Balaban J connectivity index is 1.66. The van der Waals surface area contributed by atoms with Crippen LogP contribution in [-0.2, 0) is 17.9 Å². The quantitative estimate of drug-likeness (QED) is 0.715. The zero-order chi connectivity index (χ0) is 17.8. The van der Waals surface area contributed by atoms with Crippen molar-refractivity contribution in [3.63, 3.8) is 0 Å². The fraction of sp³-hybridized carbons (Fsp3) is 0.158. The first-order chi connectivity index (χ1) is 12.0. The second kappa shape index (κ2) is 7.53. The predicted octanol–water partition coefficient (Wildman–Crippen LogP) is 3.09. The van der Waals surface area contributed by atoms with Gasteiger partial charge in [0.25, 0.3) is 5.56 Å². The van der Waals surface area contributed by atoms with Gasteiger partial charge < -0.3 is 14.6 Å². The van der Waals surface area contributed by atoms with Crippen LogP contribution >= 0.6 is 15.9 Å². The number of nitrogens with zero attached hydrogens (tertiary/aromatic N) is 1. The number of carbonyl (C=O) groups excluding carboxylic acids is 1. The number of ether oxygens (including phenoxy) is 1. The number of hydrogen-bond donors (Lipinski definition) is 1. The summed E-state index contributed by atoms with van der Waals surface area (Å²) in [6.07, 6.45) is 1.60. The molecule has 0 atom stereocenters. The predicted molar refractivity (Wildman–Crippen MR) is 101 cm³/mol. The fourth-order valence-corrected chi connectivity index (χ4v) is 2.93. The molecule has 0 spiro atoms. The van der Waals surface area contributed by atoms with E-state index in [2.05, 4.69) is 21.2 Å². The van der Waals surface area contributed by atoms with Crippen molar-refractivity contribution in [3.05, 3.63) is 75.1 Å². The second-order valence-corrected chi connectivity index (χ2v) is 6.55. The molecule has 0 aliphatic heterocycles. The van der Waals surface area contributed by atoms with E-state index in [0.717, 1.165) is 26.6 Å². The Bertz CT molecular complexity index is 982. The third-order valence-corrected chi connectivity index (χ3v) is 4.33. The normalized spacial score (nSPS) is 10.6. The SMILES string of the molecule is COc1ccc2cc(CNC(=O)Cn3cc(Br)ccc3=O)ccc2c1. The van der Waals surface area contributed by atoms with E-state index in [0.29, 0.717) is 6.54 Å². The Kier molecular flexibility index (Phi) is 5.19. The van der Waals surface area contributed by atoms with Gasteiger partial charge in [-0.15, -0.1) is 0 Å². The second-order valence-electron chi connectivity index (χ2n) is 5.64. The van der Waals surface area contributed by atoms with Gasteiger partial charge in [0.05, 0.1) is 7.11 Å². The lowest BCUT2D eigenvalue weighted by Gasteiger charge is -2.09. The van der Waals surface area contributed by atoms with E-state index in [1.54, 1.807) is 19.4 Å². The van der Waals surface area contributed by atoms with Gasteiger partial charge in [0.1, 0.15) is 12.3 Å². The molecule has 2 aromatic carbocycles. The highest BCUT2D eigenvalue weighted by atomic mass is 79.9. The highest BCUT2D eigenvalue weighted by molar-refractivity contribution is 9.10. The molecule has 0 bridgehead atoms. The minimum Gasteiger partial charge on any atom is -0.497 e. The van der Waals surface area contributed by atoms with Crippen LogP contribution in [0.25, 0.3) is 10.8 Å². The zero-order valence-corrected chi connectivity index (χ0v) is 15.2. The fourth-order valence-electron chi connectivity index (χ4n) is 2.55. The number of benzene rings is 2. The highest BCUT2D eigenvalue weighted by Gasteiger charge is 2.06. The van der Waals surface area contributed by atoms with Crippen LogP contribution in [0.4, 0.5) is 0 Å². The molecule has 0 aliphatic rings. The average Bonchev–Trinajstić information content (AvgIpc) is 2.62. The van der Waals surface area contributed by atoms with Crippen molar-refractivity contribution in [1.82, 2.24) is 9.88 Å². The van der Waals surface area contributed by atoms with Crippen molar-refractivity contribution in [2.24, 2.45) is 0 Å². The molecule has 5 nitrogen and oxygen atoms in total. The molecule has 0 radical (unpaired) electrons. The molecule has 0 aliphatic carbocycles. The summed E-state index contributed by atoms with van der Waals surface area (Å²) in [5, 5.41) is 5.00. The first-order valence-corrected chi connectivity index (χ1v) is 8.54.